The van der Waals surface area contributed by atoms with Crippen LogP contribution in [0.2, 0.25) is 0 Å². The van der Waals surface area contributed by atoms with E-state index in [1.807, 2.05) is 41.0 Å². The second kappa shape index (κ2) is 7.75. The summed E-state index contributed by atoms with van der Waals surface area (Å²) in [4.78, 5) is 12.3. The Labute approximate surface area is 216 Å². The van der Waals surface area contributed by atoms with Gasteiger partial charge in [0.25, 0.3) is 6.71 Å². The molecule has 0 saturated heterocycles. The molecular formula is C30H18BN3S2. The Hall–Kier alpha value is -4.00. The Morgan fingerprint density at radius 3 is 1.89 bits per heavy atom. The lowest BCUT2D eigenvalue weighted by Crippen LogP contribution is -2.54. The molecule has 4 heterocycles. The van der Waals surface area contributed by atoms with Gasteiger partial charge in [0, 0.05) is 41.3 Å². The van der Waals surface area contributed by atoms with Crippen LogP contribution in [0.15, 0.2) is 109 Å². The summed E-state index contributed by atoms with van der Waals surface area (Å²) in [6.45, 7) is 0.169. The molecule has 0 saturated carbocycles. The zero-order chi connectivity index (χ0) is 23.6. The van der Waals surface area contributed by atoms with E-state index in [1.54, 1.807) is 0 Å². The Morgan fingerprint density at radius 1 is 0.611 bits per heavy atom. The van der Waals surface area contributed by atoms with E-state index >= 15 is 0 Å². The van der Waals surface area contributed by atoms with Crippen molar-refractivity contribution in [3.8, 4) is 0 Å². The number of thiophene rings is 2. The molecule has 8 rings (SSSR count). The van der Waals surface area contributed by atoms with Crippen LogP contribution in [0.1, 0.15) is 0 Å². The third-order valence-corrected chi connectivity index (χ3v) is 9.42. The Kier molecular flexibility index (Phi) is 4.35. The number of para-hydroxylation sites is 1. The molecule has 7 aromatic rings. The lowest BCUT2D eigenvalue weighted by Gasteiger charge is -2.32. The maximum absolute atomic E-state index is 5.09. The van der Waals surface area contributed by atoms with Gasteiger partial charge in [-0.3, -0.25) is 4.90 Å². The Balaban J connectivity index is 1.52. The Morgan fingerprint density at radius 2 is 1.19 bits per heavy atom. The third-order valence-electron chi connectivity index (χ3n) is 6.97. The third kappa shape index (κ3) is 2.86. The van der Waals surface area contributed by atoms with Gasteiger partial charge in [0.2, 0.25) is 5.95 Å². The summed E-state index contributed by atoms with van der Waals surface area (Å²) >= 11 is 3.78. The van der Waals surface area contributed by atoms with Crippen LogP contribution in [0.4, 0.5) is 17.3 Å². The molecule has 1 aliphatic heterocycles. The zero-order valence-electron chi connectivity index (χ0n) is 19.1. The normalized spacial score (nSPS) is 12.9. The predicted molar refractivity (Wildman–Crippen MR) is 156 cm³/mol. The molecule has 6 heteroatoms. The van der Waals surface area contributed by atoms with E-state index < -0.39 is 0 Å². The SMILES string of the molecule is c1ccc(B2c3sc4ccccc4c3N(c3ncc4ccccc4n3)c3c2sc2ccccc32)cc1. The highest BCUT2D eigenvalue weighted by Gasteiger charge is 2.41. The van der Waals surface area contributed by atoms with Crippen molar-refractivity contribution >= 4 is 92.8 Å². The van der Waals surface area contributed by atoms with Crippen molar-refractivity contribution in [3.05, 3.63) is 109 Å². The molecular weight excluding hydrogens is 477 g/mol. The van der Waals surface area contributed by atoms with E-state index in [0.29, 0.717) is 0 Å². The standard InChI is InChI=1S/C30H18BN3S2/c1-2-11-20(12-3-1)31-28-26(21-13-5-8-16-24(21)35-28)34(27-22-14-6-9-17-25(22)36-29(27)31)30-32-18-19-10-4-7-15-23(19)33-30/h1-18H. The maximum Gasteiger partial charge on any atom is 0.272 e. The van der Waals surface area contributed by atoms with E-state index in [1.165, 1.54) is 46.6 Å². The van der Waals surface area contributed by atoms with Gasteiger partial charge in [0.15, 0.2) is 0 Å². The van der Waals surface area contributed by atoms with Gasteiger partial charge in [-0.2, -0.15) is 0 Å². The molecule has 0 atom stereocenters. The van der Waals surface area contributed by atoms with Gasteiger partial charge in [-0.25, -0.2) is 9.97 Å². The molecule has 0 fully saturated rings. The second-order valence-electron chi connectivity index (χ2n) is 9.03. The fourth-order valence-electron chi connectivity index (χ4n) is 5.40. The van der Waals surface area contributed by atoms with Crippen molar-refractivity contribution in [3.63, 3.8) is 0 Å². The fourth-order valence-corrected chi connectivity index (χ4v) is 8.13. The summed E-state index contributed by atoms with van der Waals surface area (Å²) in [6.07, 6.45) is 1.95. The van der Waals surface area contributed by atoms with E-state index in [-0.39, 0.29) is 6.71 Å². The molecule has 36 heavy (non-hydrogen) atoms. The summed E-state index contributed by atoms with van der Waals surface area (Å²) in [7, 11) is 0. The lowest BCUT2D eigenvalue weighted by molar-refractivity contribution is 1.13. The number of aromatic nitrogens is 2. The average molecular weight is 495 g/mol. The van der Waals surface area contributed by atoms with Gasteiger partial charge < -0.3 is 0 Å². The number of nitrogens with zero attached hydrogens (tertiary/aromatic N) is 3. The summed E-state index contributed by atoms with van der Waals surface area (Å²) in [5.74, 6) is 0.717. The van der Waals surface area contributed by atoms with Gasteiger partial charge in [0.1, 0.15) is 0 Å². The first-order valence-corrected chi connectivity index (χ1v) is 13.6. The molecule has 0 unspecified atom stereocenters. The van der Waals surface area contributed by atoms with Crippen molar-refractivity contribution in [1.29, 1.82) is 0 Å². The van der Waals surface area contributed by atoms with Crippen molar-refractivity contribution in [2.75, 3.05) is 4.90 Å². The van der Waals surface area contributed by atoms with Crippen LogP contribution in [0.3, 0.4) is 0 Å². The molecule has 0 amide bonds. The van der Waals surface area contributed by atoms with Crippen molar-refractivity contribution < 1.29 is 0 Å². The first kappa shape index (κ1) is 20.2. The molecule has 1 aliphatic rings. The van der Waals surface area contributed by atoms with E-state index in [0.717, 1.165) is 16.9 Å². The van der Waals surface area contributed by atoms with Gasteiger partial charge in [-0.1, -0.05) is 90.4 Å². The zero-order valence-corrected chi connectivity index (χ0v) is 20.8. The molecule has 3 aromatic heterocycles. The van der Waals surface area contributed by atoms with Crippen LogP contribution >= 0.6 is 22.7 Å². The number of anilines is 3. The summed E-state index contributed by atoms with van der Waals surface area (Å²) < 4.78 is 5.26. The first-order valence-electron chi connectivity index (χ1n) is 12.0. The minimum Gasteiger partial charge on any atom is -0.277 e. The minimum absolute atomic E-state index is 0.169. The van der Waals surface area contributed by atoms with Crippen molar-refractivity contribution in [2.45, 2.75) is 0 Å². The highest BCUT2D eigenvalue weighted by molar-refractivity contribution is 7.40. The van der Waals surface area contributed by atoms with Crippen molar-refractivity contribution in [2.24, 2.45) is 0 Å². The molecule has 0 N–H and O–H groups in total. The maximum atomic E-state index is 5.09. The van der Waals surface area contributed by atoms with Crippen LogP contribution in [0.5, 0.6) is 0 Å². The molecule has 168 valence electrons. The molecule has 0 aliphatic carbocycles. The van der Waals surface area contributed by atoms with Gasteiger partial charge in [-0.05, 0) is 18.2 Å². The number of benzene rings is 4. The number of fused-ring (bicyclic) bond motifs is 7. The molecule has 3 nitrogen and oxygen atoms in total. The number of hydrogen-bond donors (Lipinski definition) is 0. The van der Waals surface area contributed by atoms with Gasteiger partial charge in [0.05, 0.1) is 16.9 Å². The van der Waals surface area contributed by atoms with Crippen LogP contribution in [0.25, 0.3) is 31.1 Å². The van der Waals surface area contributed by atoms with Crippen LogP contribution < -0.4 is 19.9 Å². The van der Waals surface area contributed by atoms with Gasteiger partial charge >= 0.3 is 0 Å². The first-order chi connectivity index (χ1) is 17.9. The monoisotopic (exact) mass is 495 g/mol. The largest absolute Gasteiger partial charge is 0.277 e. The van der Waals surface area contributed by atoms with E-state index in [4.69, 9.17) is 9.97 Å². The van der Waals surface area contributed by atoms with Crippen LogP contribution in [0, 0.1) is 0 Å². The number of hydrogen-bond acceptors (Lipinski definition) is 5. The van der Waals surface area contributed by atoms with Crippen LogP contribution in [-0.4, -0.2) is 16.7 Å². The van der Waals surface area contributed by atoms with E-state index in [2.05, 4.69) is 95.9 Å². The molecule has 4 aromatic carbocycles. The average Bonchev–Trinajstić information content (AvgIpc) is 3.51. The molecule has 0 spiro atoms. The van der Waals surface area contributed by atoms with Gasteiger partial charge in [-0.15, -0.1) is 22.7 Å². The summed E-state index contributed by atoms with van der Waals surface area (Å²) in [5.41, 5.74) is 4.68. The van der Waals surface area contributed by atoms with Crippen molar-refractivity contribution in [1.82, 2.24) is 9.97 Å². The topological polar surface area (TPSA) is 29.0 Å². The Bertz CT molecular complexity index is 1840. The molecule has 0 radical (unpaired) electrons. The highest BCUT2D eigenvalue weighted by Crippen LogP contribution is 2.46. The lowest BCUT2D eigenvalue weighted by atomic mass is 9.41. The summed E-state index contributed by atoms with van der Waals surface area (Å²) in [6, 6.07) is 36.6. The van der Waals surface area contributed by atoms with Crippen LogP contribution in [-0.2, 0) is 0 Å². The fraction of sp³-hybridized carbons (Fsp3) is 0. The highest BCUT2D eigenvalue weighted by atomic mass is 32.1. The number of rotatable bonds is 2. The second-order valence-corrected chi connectivity index (χ2v) is 11.2. The smallest absolute Gasteiger partial charge is 0.272 e. The minimum atomic E-state index is 0.169. The van der Waals surface area contributed by atoms with E-state index in [9.17, 15) is 0 Å². The molecule has 0 bridgehead atoms. The predicted octanol–water partition coefficient (Wildman–Crippen LogP) is 6.36. The summed E-state index contributed by atoms with van der Waals surface area (Å²) in [5, 5.41) is 3.54. The quantitative estimate of drug-likeness (QED) is 0.262.